The number of methoxy groups -OCH3 is 1. The van der Waals surface area contributed by atoms with Gasteiger partial charge in [-0.3, -0.25) is 9.69 Å². The Labute approximate surface area is 168 Å². The quantitative estimate of drug-likeness (QED) is 0.444. The van der Waals surface area contributed by atoms with Crippen molar-refractivity contribution in [3.05, 3.63) is 70.6 Å². The van der Waals surface area contributed by atoms with E-state index in [1.807, 2.05) is 37.3 Å². The first kappa shape index (κ1) is 19.2. The Morgan fingerprint density at radius 3 is 2.74 bits per heavy atom. The number of benzene rings is 2. The number of phenolic OH excluding ortho intramolecular Hbond substituents is 1. The van der Waals surface area contributed by atoms with E-state index in [2.05, 4.69) is 6.58 Å². The van der Waals surface area contributed by atoms with Crippen LogP contribution in [0.4, 0.5) is 5.69 Å². The number of thiocarbonyl (C=S) groups is 1. The van der Waals surface area contributed by atoms with E-state index in [9.17, 15) is 9.90 Å². The molecular weight excluding hydrogens is 378 g/mol. The lowest BCUT2D eigenvalue weighted by Gasteiger charge is -2.16. The molecule has 2 aromatic rings. The fraction of sp³-hybridized carbons (Fsp3) is 0.143. The number of aryl methyl sites for hydroxylation is 1. The number of nitrogens with zero attached hydrogens (tertiary/aromatic N) is 1. The second kappa shape index (κ2) is 7.98. The molecule has 3 rings (SSSR count). The van der Waals surface area contributed by atoms with Crippen LogP contribution in [-0.2, 0) is 11.2 Å². The van der Waals surface area contributed by atoms with Crippen molar-refractivity contribution in [3.63, 3.8) is 0 Å². The second-order valence-electron chi connectivity index (χ2n) is 6.03. The number of amides is 1. The number of para-hydroxylation sites is 1. The lowest BCUT2D eigenvalue weighted by Crippen LogP contribution is -2.28. The Hall–Kier alpha value is -2.57. The van der Waals surface area contributed by atoms with Crippen LogP contribution in [0.1, 0.15) is 16.7 Å². The predicted octanol–water partition coefficient (Wildman–Crippen LogP) is 4.84. The molecule has 6 heteroatoms. The number of carbonyl (C=O) groups is 1. The number of anilines is 1. The summed E-state index contributed by atoms with van der Waals surface area (Å²) in [6.45, 7) is 5.66. The summed E-state index contributed by atoms with van der Waals surface area (Å²) in [6, 6.07) is 11.2. The standard InChI is InChI=1S/C21H19NO3S2/c1-4-7-15-10-14(11-17(25-3)19(15)23)12-18-20(24)22(21(26)27-18)16-9-6-5-8-13(16)2/h4-6,8-12,23H,1,7H2,2-3H3. The van der Waals surface area contributed by atoms with E-state index in [0.717, 1.165) is 16.8 Å². The Bertz CT molecular complexity index is 966. The smallest absolute Gasteiger partial charge is 0.270 e. The van der Waals surface area contributed by atoms with Crippen molar-refractivity contribution in [2.45, 2.75) is 13.3 Å². The number of allylic oxidation sites excluding steroid dienone is 1. The minimum atomic E-state index is -0.156. The van der Waals surface area contributed by atoms with Crippen LogP contribution in [0.15, 0.2) is 54.0 Å². The van der Waals surface area contributed by atoms with Crippen LogP contribution in [0.2, 0.25) is 0 Å². The van der Waals surface area contributed by atoms with Crippen LogP contribution in [0.3, 0.4) is 0 Å². The summed E-state index contributed by atoms with van der Waals surface area (Å²) in [5.41, 5.74) is 3.21. The van der Waals surface area contributed by atoms with Crippen molar-refractivity contribution in [2.75, 3.05) is 12.0 Å². The van der Waals surface area contributed by atoms with Gasteiger partial charge >= 0.3 is 0 Å². The van der Waals surface area contributed by atoms with Gasteiger partial charge in [-0.15, -0.1) is 6.58 Å². The number of rotatable bonds is 5. The molecule has 0 aliphatic carbocycles. The molecule has 0 saturated carbocycles. The number of phenols is 1. The average molecular weight is 398 g/mol. The maximum atomic E-state index is 13.0. The van der Waals surface area contributed by atoms with E-state index in [4.69, 9.17) is 17.0 Å². The highest BCUT2D eigenvalue weighted by molar-refractivity contribution is 8.27. The summed E-state index contributed by atoms with van der Waals surface area (Å²) in [4.78, 5) is 15.0. The molecule has 0 radical (unpaired) electrons. The van der Waals surface area contributed by atoms with Gasteiger partial charge in [-0.25, -0.2) is 0 Å². The number of aromatic hydroxyl groups is 1. The molecule has 0 aromatic heterocycles. The van der Waals surface area contributed by atoms with E-state index < -0.39 is 0 Å². The van der Waals surface area contributed by atoms with Gasteiger partial charge in [-0.2, -0.15) is 0 Å². The molecule has 138 valence electrons. The monoisotopic (exact) mass is 397 g/mol. The fourth-order valence-electron chi connectivity index (χ4n) is 2.88. The fourth-order valence-corrected chi connectivity index (χ4v) is 4.17. The zero-order chi connectivity index (χ0) is 19.6. The molecule has 1 N–H and O–H groups in total. The zero-order valence-corrected chi connectivity index (χ0v) is 16.7. The van der Waals surface area contributed by atoms with Crippen molar-refractivity contribution in [1.82, 2.24) is 0 Å². The molecule has 0 bridgehead atoms. The molecule has 0 atom stereocenters. The first-order chi connectivity index (χ1) is 13.0. The number of thioether (sulfide) groups is 1. The zero-order valence-electron chi connectivity index (χ0n) is 15.1. The van der Waals surface area contributed by atoms with Crippen LogP contribution in [0.5, 0.6) is 11.5 Å². The molecule has 2 aromatic carbocycles. The lowest BCUT2D eigenvalue weighted by atomic mass is 10.1. The largest absolute Gasteiger partial charge is 0.504 e. The van der Waals surface area contributed by atoms with Gasteiger partial charge in [0.25, 0.3) is 5.91 Å². The van der Waals surface area contributed by atoms with Crippen LogP contribution < -0.4 is 9.64 Å². The Balaban J connectivity index is 2.00. The van der Waals surface area contributed by atoms with Gasteiger partial charge in [0.2, 0.25) is 0 Å². The Morgan fingerprint density at radius 2 is 2.07 bits per heavy atom. The van der Waals surface area contributed by atoms with E-state index in [1.165, 1.54) is 18.9 Å². The van der Waals surface area contributed by atoms with Gasteiger partial charge in [-0.05, 0) is 48.7 Å². The summed E-state index contributed by atoms with van der Waals surface area (Å²) in [5.74, 6) is 0.286. The predicted molar refractivity (Wildman–Crippen MR) is 115 cm³/mol. The highest BCUT2D eigenvalue weighted by Gasteiger charge is 2.34. The molecule has 1 saturated heterocycles. The molecule has 1 amide bonds. The van der Waals surface area contributed by atoms with Crippen molar-refractivity contribution in [1.29, 1.82) is 0 Å². The number of ether oxygens (including phenoxy) is 1. The lowest BCUT2D eigenvalue weighted by molar-refractivity contribution is -0.113. The first-order valence-corrected chi connectivity index (χ1v) is 9.53. The minimum Gasteiger partial charge on any atom is -0.504 e. The third-order valence-electron chi connectivity index (χ3n) is 4.21. The summed E-state index contributed by atoms with van der Waals surface area (Å²) in [5, 5.41) is 10.2. The molecule has 1 aliphatic rings. The summed E-state index contributed by atoms with van der Waals surface area (Å²) in [6.07, 6.45) is 3.97. The van der Waals surface area contributed by atoms with Crippen molar-refractivity contribution < 1.29 is 14.6 Å². The minimum absolute atomic E-state index is 0.0852. The molecule has 0 unspecified atom stereocenters. The van der Waals surface area contributed by atoms with Gasteiger partial charge in [0.1, 0.15) is 0 Å². The molecule has 1 fully saturated rings. The normalized spacial score (nSPS) is 15.5. The van der Waals surface area contributed by atoms with Crippen molar-refractivity contribution >= 4 is 46.0 Å². The van der Waals surface area contributed by atoms with Crippen LogP contribution in [0.25, 0.3) is 6.08 Å². The third-order valence-corrected chi connectivity index (χ3v) is 5.51. The van der Waals surface area contributed by atoms with Crippen molar-refractivity contribution in [2.24, 2.45) is 0 Å². The number of hydrogen-bond acceptors (Lipinski definition) is 5. The second-order valence-corrected chi connectivity index (χ2v) is 7.70. The van der Waals surface area contributed by atoms with Gasteiger partial charge in [0, 0.05) is 5.56 Å². The van der Waals surface area contributed by atoms with Gasteiger partial charge in [0.05, 0.1) is 17.7 Å². The van der Waals surface area contributed by atoms with Gasteiger partial charge < -0.3 is 9.84 Å². The maximum Gasteiger partial charge on any atom is 0.270 e. The average Bonchev–Trinajstić information content (AvgIpc) is 2.92. The maximum absolute atomic E-state index is 13.0. The van der Waals surface area contributed by atoms with Crippen LogP contribution >= 0.6 is 24.0 Å². The molecule has 1 aliphatic heterocycles. The molecule has 1 heterocycles. The third kappa shape index (κ3) is 3.77. The highest BCUT2D eigenvalue weighted by atomic mass is 32.2. The van der Waals surface area contributed by atoms with E-state index >= 15 is 0 Å². The molecule has 4 nitrogen and oxygen atoms in total. The van der Waals surface area contributed by atoms with E-state index in [1.54, 1.807) is 23.1 Å². The molecule has 27 heavy (non-hydrogen) atoms. The van der Waals surface area contributed by atoms with Gasteiger partial charge in [0.15, 0.2) is 15.8 Å². The number of hydrogen-bond donors (Lipinski definition) is 1. The SMILES string of the molecule is C=CCc1cc(C=C2SC(=S)N(c3ccccc3C)C2=O)cc(OC)c1O. The summed E-state index contributed by atoms with van der Waals surface area (Å²) < 4.78 is 5.75. The molecular formula is C21H19NO3S2. The van der Waals surface area contributed by atoms with E-state index in [0.29, 0.717) is 27.0 Å². The Morgan fingerprint density at radius 1 is 1.33 bits per heavy atom. The Kier molecular flexibility index (Phi) is 5.68. The van der Waals surface area contributed by atoms with Crippen LogP contribution in [-0.4, -0.2) is 22.4 Å². The summed E-state index contributed by atoms with van der Waals surface area (Å²) >= 11 is 6.70. The van der Waals surface area contributed by atoms with Gasteiger partial charge in [-0.1, -0.05) is 48.3 Å². The molecule has 0 spiro atoms. The highest BCUT2D eigenvalue weighted by Crippen LogP contribution is 2.39. The van der Waals surface area contributed by atoms with Crippen LogP contribution in [0, 0.1) is 6.92 Å². The first-order valence-electron chi connectivity index (χ1n) is 8.30. The van der Waals surface area contributed by atoms with Crippen molar-refractivity contribution in [3.8, 4) is 11.5 Å². The topological polar surface area (TPSA) is 49.8 Å². The summed E-state index contributed by atoms with van der Waals surface area (Å²) in [7, 11) is 1.49. The number of carbonyl (C=O) groups excluding carboxylic acids is 1. The van der Waals surface area contributed by atoms with E-state index in [-0.39, 0.29) is 11.7 Å².